The highest BCUT2D eigenvalue weighted by molar-refractivity contribution is 5.79. The summed E-state index contributed by atoms with van der Waals surface area (Å²) in [6.07, 6.45) is 2.77. The summed E-state index contributed by atoms with van der Waals surface area (Å²) in [6, 6.07) is 16.9. The summed E-state index contributed by atoms with van der Waals surface area (Å²) in [5, 5.41) is 12.3. The number of carboxylic acids is 1. The van der Waals surface area contributed by atoms with Crippen molar-refractivity contribution in [2.45, 2.75) is 43.7 Å². The highest BCUT2D eigenvalue weighted by Crippen LogP contribution is 2.44. The Hall–Kier alpha value is -2.86. The number of piperidine rings is 1. The van der Waals surface area contributed by atoms with Gasteiger partial charge in [-0.05, 0) is 41.5 Å². The van der Waals surface area contributed by atoms with Crippen LogP contribution in [0.25, 0.3) is 11.1 Å². The number of amides is 1. The summed E-state index contributed by atoms with van der Waals surface area (Å²) < 4.78 is 5.67. The Morgan fingerprint density at radius 1 is 1.00 bits per heavy atom. The van der Waals surface area contributed by atoms with E-state index in [4.69, 9.17) is 4.74 Å². The number of likely N-dealkylation sites (tertiary alicyclic amines) is 1. The largest absolute Gasteiger partial charge is 0.481 e. The van der Waals surface area contributed by atoms with Gasteiger partial charge < -0.3 is 15.2 Å². The fourth-order valence-corrected chi connectivity index (χ4v) is 5.24. The fourth-order valence-electron chi connectivity index (χ4n) is 5.24. The number of carbonyl (C=O) groups excluding carboxylic acids is 1. The Morgan fingerprint density at radius 3 is 2.26 bits per heavy atom. The van der Waals surface area contributed by atoms with Gasteiger partial charge in [0.05, 0.1) is 6.42 Å². The van der Waals surface area contributed by atoms with E-state index in [-0.39, 0.29) is 30.9 Å². The maximum atomic E-state index is 12.7. The summed E-state index contributed by atoms with van der Waals surface area (Å²) in [5.41, 5.74) is 4.75. The van der Waals surface area contributed by atoms with Gasteiger partial charge in [-0.1, -0.05) is 48.5 Å². The van der Waals surface area contributed by atoms with Crippen LogP contribution in [0.3, 0.4) is 0 Å². The van der Waals surface area contributed by atoms with Crippen LogP contribution in [0.1, 0.15) is 42.7 Å². The van der Waals surface area contributed by atoms with E-state index in [0.717, 1.165) is 19.5 Å². The zero-order valence-electron chi connectivity index (χ0n) is 17.5. The second kappa shape index (κ2) is 8.35. The van der Waals surface area contributed by atoms with Gasteiger partial charge in [0.15, 0.2) is 0 Å². The number of carbonyl (C=O) groups is 2. The Labute approximate surface area is 182 Å². The lowest BCUT2D eigenvalue weighted by molar-refractivity contribution is -0.138. The third-order valence-corrected chi connectivity index (χ3v) is 6.91. The Balaban J connectivity index is 1.23. The summed E-state index contributed by atoms with van der Waals surface area (Å²) in [6.45, 7) is 1.89. The van der Waals surface area contributed by atoms with Crippen LogP contribution in [-0.4, -0.2) is 53.8 Å². The smallest absolute Gasteiger partial charge is 0.407 e. The van der Waals surface area contributed by atoms with Crippen molar-refractivity contribution in [1.29, 1.82) is 0 Å². The Morgan fingerprint density at radius 2 is 1.65 bits per heavy atom. The van der Waals surface area contributed by atoms with Crippen molar-refractivity contribution in [3.8, 4) is 11.1 Å². The molecule has 1 heterocycles. The number of hydrogen-bond acceptors (Lipinski definition) is 4. The summed E-state index contributed by atoms with van der Waals surface area (Å²) in [5.74, 6) is -0.890. The molecule has 6 nitrogen and oxygen atoms in total. The maximum Gasteiger partial charge on any atom is 0.407 e. The quantitative estimate of drug-likeness (QED) is 0.742. The number of alkyl carbamates (subject to hydrolysis) is 1. The van der Waals surface area contributed by atoms with E-state index in [9.17, 15) is 14.7 Å². The van der Waals surface area contributed by atoms with Gasteiger partial charge in [0, 0.05) is 37.0 Å². The van der Waals surface area contributed by atoms with Crippen molar-refractivity contribution in [2.24, 2.45) is 5.92 Å². The standard InChI is InChI=1S/C25H28N2O4/c28-24(29)13-16-14-27(17-9-10-17)12-11-23(16)26-25(30)31-15-22-20-7-3-1-5-18(20)19-6-2-4-8-21(19)22/h1-8,16-17,22-23H,9-15H2,(H,26,30)(H,28,29). The van der Waals surface area contributed by atoms with E-state index in [1.807, 2.05) is 24.3 Å². The third-order valence-electron chi connectivity index (χ3n) is 6.91. The molecule has 2 N–H and O–H groups in total. The van der Waals surface area contributed by atoms with Crippen molar-refractivity contribution in [3.05, 3.63) is 59.7 Å². The van der Waals surface area contributed by atoms with Gasteiger partial charge in [-0.2, -0.15) is 0 Å². The molecule has 1 amide bonds. The van der Waals surface area contributed by atoms with E-state index in [0.29, 0.717) is 6.04 Å². The number of aliphatic carboxylic acids is 1. The summed E-state index contributed by atoms with van der Waals surface area (Å²) in [7, 11) is 0. The van der Waals surface area contributed by atoms with Gasteiger partial charge in [-0.3, -0.25) is 9.69 Å². The first-order chi connectivity index (χ1) is 15.1. The molecule has 31 heavy (non-hydrogen) atoms. The second-order valence-corrected chi connectivity index (χ2v) is 8.95. The zero-order chi connectivity index (χ0) is 21.4. The number of nitrogens with one attached hydrogen (secondary N) is 1. The number of ether oxygens (including phenoxy) is 1. The highest BCUT2D eigenvalue weighted by atomic mass is 16.5. The lowest BCUT2D eigenvalue weighted by Gasteiger charge is -2.38. The van der Waals surface area contributed by atoms with Crippen molar-refractivity contribution >= 4 is 12.1 Å². The van der Waals surface area contributed by atoms with Gasteiger partial charge in [0.1, 0.15) is 6.61 Å². The van der Waals surface area contributed by atoms with Gasteiger partial charge in [0.25, 0.3) is 0 Å². The lowest BCUT2D eigenvalue weighted by atomic mass is 9.89. The first-order valence-electron chi connectivity index (χ1n) is 11.2. The van der Waals surface area contributed by atoms with Crippen LogP contribution in [0.15, 0.2) is 48.5 Å². The van der Waals surface area contributed by atoms with Gasteiger partial charge >= 0.3 is 12.1 Å². The molecule has 2 aliphatic carbocycles. The molecule has 2 fully saturated rings. The van der Waals surface area contributed by atoms with Gasteiger partial charge in [0.2, 0.25) is 0 Å². The van der Waals surface area contributed by atoms with Crippen molar-refractivity contribution in [3.63, 3.8) is 0 Å². The number of hydrogen-bond donors (Lipinski definition) is 2. The molecule has 2 unspecified atom stereocenters. The minimum atomic E-state index is -0.818. The van der Waals surface area contributed by atoms with Crippen molar-refractivity contribution < 1.29 is 19.4 Å². The maximum absolute atomic E-state index is 12.7. The van der Waals surface area contributed by atoms with E-state index in [1.165, 1.54) is 35.1 Å². The molecule has 1 saturated carbocycles. The van der Waals surface area contributed by atoms with E-state index >= 15 is 0 Å². The van der Waals surface area contributed by atoms with Crippen LogP contribution in [0, 0.1) is 5.92 Å². The molecule has 2 aromatic carbocycles. The van der Waals surface area contributed by atoms with E-state index in [2.05, 4.69) is 34.5 Å². The molecule has 1 saturated heterocycles. The second-order valence-electron chi connectivity index (χ2n) is 8.95. The summed E-state index contributed by atoms with van der Waals surface area (Å²) in [4.78, 5) is 26.4. The van der Waals surface area contributed by atoms with Crippen LogP contribution < -0.4 is 5.32 Å². The normalized spacial score (nSPS) is 23.1. The molecule has 6 heteroatoms. The molecule has 0 aromatic heterocycles. The molecule has 0 bridgehead atoms. The Kier molecular flexibility index (Phi) is 5.40. The topological polar surface area (TPSA) is 78.9 Å². The number of benzene rings is 2. The molecule has 0 spiro atoms. The van der Waals surface area contributed by atoms with Crippen molar-refractivity contribution in [1.82, 2.24) is 10.2 Å². The average Bonchev–Trinajstić information content (AvgIpc) is 3.56. The number of carboxylic acid groups (broad SMARTS) is 1. The highest BCUT2D eigenvalue weighted by Gasteiger charge is 2.38. The van der Waals surface area contributed by atoms with Crippen LogP contribution in [0.5, 0.6) is 0 Å². The van der Waals surface area contributed by atoms with Gasteiger partial charge in [-0.15, -0.1) is 0 Å². The van der Waals surface area contributed by atoms with E-state index in [1.54, 1.807) is 0 Å². The van der Waals surface area contributed by atoms with Crippen LogP contribution in [0.4, 0.5) is 4.79 Å². The van der Waals surface area contributed by atoms with Crippen LogP contribution in [0.2, 0.25) is 0 Å². The molecule has 2 aromatic rings. The predicted octanol–water partition coefficient (Wildman–Crippen LogP) is 3.85. The summed E-state index contributed by atoms with van der Waals surface area (Å²) >= 11 is 0. The first-order valence-corrected chi connectivity index (χ1v) is 11.2. The zero-order valence-corrected chi connectivity index (χ0v) is 17.5. The molecule has 162 valence electrons. The Bertz CT molecular complexity index is 941. The van der Waals surface area contributed by atoms with Crippen LogP contribution >= 0.6 is 0 Å². The molecule has 0 radical (unpaired) electrons. The average molecular weight is 421 g/mol. The molecule has 2 atom stereocenters. The van der Waals surface area contributed by atoms with Crippen molar-refractivity contribution in [2.75, 3.05) is 19.7 Å². The third kappa shape index (κ3) is 4.17. The fraction of sp³-hybridized carbons (Fsp3) is 0.440. The predicted molar refractivity (Wildman–Crippen MR) is 117 cm³/mol. The SMILES string of the molecule is O=C(O)CC1CN(C2CC2)CCC1NC(=O)OCC1c2ccccc2-c2ccccc21. The molecule has 1 aliphatic heterocycles. The molecule has 5 rings (SSSR count). The minimum absolute atomic E-state index is 0.0182. The molecular weight excluding hydrogens is 392 g/mol. The first kappa shape index (κ1) is 20.1. The number of rotatable bonds is 6. The van der Waals surface area contributed by atoms with Crippen LogP contribution in [-0.2, 0) is 9.53 Å². The molecular formula is C25H28N2O4. The number of nitrogens with zero attached hydrogens (tertiary/aromatic N) is 1. The van der Waals surface area contributed by atoms with Gasteiger partial charge in [-0.25, -0.2) is 4.79 Å². The molecule has 3 aliphatic rings. The number of fused-ring (bicyclic) bond motifs is 3. The lowest BCUT2D eigenvalue weighted by Crippen LogP contribution is -2.52. The monoisotopic (exact) mass is 420 g/mol. The van der Waals surface area contributed by atoms with E-state index < -0.39 is 12.1 Å². The minimum Gasteiger partial charge on any atom is -0.481 e.